The van der Waals surface area contributed by atoms with Crippen molar-refractivity contribution in [2.45, 2.75) is 13.5 Å². The van der Waals surface area contributed by atoms with Crippen molar-refractivity contribution in [2.24, 2.45) is 0 Å². The Kier molecular flexibility index (Phi) is 5.53. The third-order valence-corrected chi connectivity index (χ3v) is 4.10. The van der Waals surface area contributed by atoms with Gasteiger partial charge in [0.1, 0.15) is 11.6 Å². The second kappa shape index (κ2) is 8.01. The number of nitrogens with zero attached hydrogens (tertiary/aromatic N) is 1. The topological polar surface area (TPSA) is 67.0 Å². The Morgan fingerprint density at radius 3 is 2.85 bits per heavy atom. The highest BCUT2D eigenvalue weighted by atomic mass is 35.5. The molecule has 7 heteroatoms. The standard InChI is InChI=1S/C19H17ClFN3O2/c1-2-26-17-8-7-12(9-15(17)20)18-14(11-23-24-18)19(25)22-10-13-5-3-4-6-16(13)21/h3-9,11H,2,10H2,1H3,(H,22,25)(H,23,24). The molecule has 0 aliphatic rings. The average Bonchev–Trinajstić information content (AvgIpc) is 3.12. The molecule has 0 radical (unpaired) electrons. The van der Waals surface area contributed by atoms with E-state index in [4.69, 9.17) is 16.3 Å². The maximum atomic E-state index is 13.7. The van der Waals surface area contributed by atoms with Gasteiger partial charge in [-0.3, -0.25) is 9.89 Å². The number of rotatable bonds is 6. The molecule has 3 rings (SSSR count). The lowest BCUT2D eigenvalue weighted by molar-refractivity contribution is 0.0951. The van der Waals surface area contributed by atoms with E-state index in [1.807, 2.05) is 6.92 Å². The van der Waals surface area contributed by atoms with Crippen molar-refractivity contribution in [1.82, 2.24) is 15.5 Å². The Hall–Kier alpha value is -2.86. The van der Waals surface area contributed by atoms with E-state index in [1.165, 1.54) is 12.3 Å². The molecule has 0 atom stereocenters. The number of aromatic nitrogens is 2. The average molecular weight is 374 g/mol. The van der Waals surface area contributed by atoms with E-state index in [2.05, 4.69) is 15.5 Å². The van der Waals surface area contributed by atoms with Crippen LogP contribution in [0.3, 0.4) is 0 Å². The van der Waals surface area contributed by atoms with Gasteiger partial charge >= 0.3 is 0 Å². The monoisotopic (exact) mass is 373 g/mol. The van der Waals surface area contributed by atoms with Crippen molar-refractivity contribution in [3.05, 3.63) is 70.6 Å². The molecule has 3 aromatic rings. The van der Waals surface area contributed by atoms with Crippen molar-refractivity contribution in [1.29, 1.82) is 0 Å². The van der Waals surface area contributed by atoms with Crippen molar-refractivity contribution in [2.75, 3.05) is 6.61 Å². The molecule has 1 heterocycles. The van der Waals surface area contributed by atoms with Crippen LogP contribution in [-0.2, 0) is 6.54 Å². The largest absolute Gasteiger partial charge is 0.492 e. The predicted octanol–water partition coefficient (Wildman–Crippen LogP) is 4.20. The molecule has 2 N–H and O–H groups in total. The molecule has 2 aromatic carbocycles. The third kappa shape index (κ3) is 3.86. The van der Waals surface area contributed by atoms with Crippen LogP contribution in [0.1, 0.15) is 22.8 Å². The maximum Gasteiger partial charge on any atom is 0.255 e. The molecule has 134 valence electrons. The summed E-state index contributed by atoms with van der Waals surface area (Å²) in [6.07, 6.45) is 1.43. The molecule has 0 saturated heterocycles. The van der Waals surface area contributed by atoms with Gasteiger partial charge < -0.3 is 10.1 Å². The van der Waals surface area contributed by atoms with Gasteiger partial charge in [-0.1, -0.05) is 29.8 Å². The number of nitrogens with one attached hydrogen (secondary N) is 2. The molecule has 0 spiro atoms. The van der Waals surface area contributed by atoms with Gasteiger partial charge in [0.05, 0.1) is 29.1 Å². The molecule has 0 aliphatic carbocycles. The fourth-order valence-corrected chi connectivity index (χ4v) is 2.75. The summed E-state index contributed by atoms with van der Waals surface area (Å²) in [7, 11) is 0. The Balaban J connectivity index is 1.79. The van der Waals surface area contributed by atoms with Crippen molar-refractivity contribution in [3.63, 3.8) is 0 Å². The highest BCUT2D eigenvalue weighted by Gasteiger charge is 2.16. The van der Waals surface area contributed by atoms with Crippen LogP contribution in [0, 0.1) is 5.82 Å². The zero-order valence-electron chi connectivity index (χ0n) is 14.1. The number of carbonyl (C=O) groups is 1. The number of hydrogen-bond donors (Lipinski definition) is 2. The SMILES string of the molecule is CCOc1ccc(-c2[nH]ncc2C(=O)NCc2ccccc2F)cc1Cl. The highest BCUT2D eigenvalue weighted by Crippen LogP contribution is 2.31. The van der Waals surface area contributed by atoms with E-state index in [-0.39, 0.29) is 18.3 Å². The minimum atomic E-state index is -0.362. The Morgan fingerprint density at radius 2 is 2.12 bits per heavy atom. The molecule has 5 nitrogen and oxygen atoms in total. The number of hydrogen-bond acceptors (Lipinski definition) is 3. The lowest BCUT2D eigenvalue weighted by Crippen LogP contribution is -2.23. The molecular formula is C19H17ClFN3O2. The van der Waals surface area contributed by atoms with E-state index in [1.54, 1.807) is 36.4 Å². The van der Waals surface area contributed by atoms with Gasteiger partial charge in [-0.2, -0.15) is 5.10 Å². The molecule has 1 amide bonds. The zero-order chi connectivity index (χ0) is 18.5. The maximum absolute atomic E-state index is 13.7. The van der Waals surface area contributed by atoms with Crippen molar-refractivity contribution >= 4 is 17.5 Å². The van der Waals surface area contributed by atoms with Crippen LogP contribution >= 0.6 is 11.6 Å². The lowest BCUT2D eigenvalue weighted by atomic mass is 10.1. The Labute approximate surface area is 155 Å². The van der Waals surface area contributed by atoms with E-state index < -0.39 is 0 Å². The number of halogens is 2. The number of benzene rings is 2. The van der Waals surface area contributed by atoms with Crippen LogP contribution in [0.4, 0.5) is 4.39 Å². The van der Waals surface area contributed by atoms with E-state index in [9.17, 15) is 9.18 Å². The summed E-state index contributed by atoms with van der Waals surface area (Å²) in [6.45, 7) is 2.46. The smallest absolute Gasteiger partial charge is 0.255 e. The summed E-state index contributed by atoms with van der Waals surface area (Å²) in [4.78, 5) is 12.5. The number of ether oxygens (including phenoxy) is 1. The predicted molar refractivity (Wildman–Crippen MR) is 97.8 cm³/mol. The summed E-state index contributed by atoms with van der Waals surface area (Å²) in [5.74, 6) is -0.150. The van der Waals surface area contributed by atoms with Gasteiger partial charge in [-0.25, -0.2) is 4.39 Å². The first kappa shape index (κ1) is 17.9. The second-order valence-corrected chi connectivity index (χ2v) is 5.92. The van der Waals surface area contributed by atoms with Gasteiger partial charge in [0.15, 0.2) is 0 Å². The van der Waals surface area contributed by atoms with Crippen molar-refractivity contribution < 1.29 is 13.9 Å². The molecule has 0 aliphatic heterocycles. The lowest BCUT2D eigenvalue weighted by Gasteiger charge is -2.09. The summed E-state index contributed by atoms with van der Waals surface area (Å²) in [5.41, 5.74) is 1.99. The molecule has 1 aromatic heterocycles. The Bertz CT molecular complexity index is 927. The normalized spacial score (nSPS) is 10.6. The Morgan fingerprint density at radius 1 is 1.31 bits per heavy atom. The van der Waals surface area contributed by atoms with Gasteiger partial charge in [-0.15, -0.1) is 0 Å². The van der Waals surface area contributed by atoms with Crippen LogP contribution in [0.15, 0.2) is 48.7 Å². The van der Waals surface area contributed by atoms with Gasteiger partial charge in [0.25, 0.3) is 5.91 Å². The van der Waals surface area contributed by atoms with Crippen LogP contribution in [0.5, 0.6) is 5.75 Å². The molecule has 26 heavy (non-hydrogen) atoms. The van der Waals surface area contributed by atoms with Crippen LogP contribution in [0.25, 0.3) is 11.3 Å². The molecule has 0 fully saturated rings. The minimum Gasteiger partial charge on any atom is -0.492 e. The van der Waals surface area contributed by atoms with E-state index in [0.29, 0.717) is 39.8 Å². The third-order valence-electron chi connectivity index (χ3n) is 3.80. The molecular weight excluding hydrogens is 357 g/mol. The van der Waals surface area contributed by atoms with Crippen LogP contribution < -0.4 is 10.1 Å². The summed E-state index contributed by atoms with van der Waals surface area (Å²) < 4.78 is 19.1. The fourth-order valence-electron chi connectivity index (χ4n) is 2.52. The van der Waals surface area contributed by atoms with E-state index >= 15 is 0 Å². The molecule has 0 unspecified atom stereocenters. The summed E-state index contributed by atoms with van der Waals surface area (Å²) in [6, 6.07) is 11.5. The summed E-state index contributed by atoms with van der Waals surface area (Å²) in [5, 5.41) is 9.90. The highest BCUT2D eigenvalue weighted by molar-refractivity contribution is 6.32. The van der Waals surface area contributed by atoms with Gasteiger partial charge in [-0.05, 0) is 31.2 Å². The second-order valence-electron chi connectivity index (χ2n) is 5.51. The fraction of sp³-hybridized carbons (Fsp3) is 0.158. The number of amides is 1. The number of carbonyl (C=O) groups excluding carboxylic acids is 1. The molecule has 0 saturated carbocycles. The number of aromatic amines is 1. The van der Waals surface area contributed by atoms with Crippen molar-refractivity contribution in [3.8, 4) is 17.0 Å². The van der Waals surface area contributed by atoms with Gasteiger partial charge in [0.2, 0.25) is 0 Å². The zero-order valence-corrected chi connectivity index (χ0v) is 14.8. The van der Waals surface area contributed by atoms with E-state index in [0.717, 1.165) is 0 Å². The quantitative estimate of drug-likeness (QED) is 0.680. The first-order valence-electron chi connectivity index (χ1n) is 8.07. The van der Waals surface area contributed by atoms with Gasteiger partial charge in [0, 0.05) is 17.7 Å². The number of H-pyrrole nitrogens is 1. The minimum absolute atomic E-state index is 0.0835. The first-order valence-corrected chi connectivity index (χ1v) is 8.45. The van der Waals surface area contributed by atoms with Crippen LogP contribution in [0.2, 0.25) is 5.02 Å². The summed E-state index contributed by atoms with van der Waals surface area (Å²) >= 11 is 6.21. The molecule has 0 bridgehead atoms. The van der Waals surface area contributed by atoms with Crippen LogP contribution in [-0.4, -0.2) is 22.7 Å². The first-order chi connectivity index (χ1) is 12.6.